The molecule has 3 rings (SSSR count). The third-order valence-electron chi connectivity index (χ3n) is 5.19. The van der Waals surface area contributed by atoms with Crippen LogP contribution in [-0.4, -0.2) is 34.4 Å². The van der Waals surface area contributed by atoms with E-state index in [4.69, 9.17) is 9.68 Å². The number of furan rings is 1. The van der Waals surface area contributed by atoms with E-state index < -0.39 is 0 Å². The second-order valence-corrected chi connectivity index (χ2v) is 7.42. The molecule has 1 fully saturated rings. The topological polar surface area (TPSA) is 91.3 Å². The van der Waals surface area contributed by atoms with Gasteiger partial charge in [-0.2, -0.15) is 5.26 Å². The minimum Gasteiger partial charge on any atom is -0.465 e. The lowest BCUT2D eigenvalue weighted by molar-refractivity contribution is -0.121. The summed E-state index contributed by atoms with van der Waals surface area (Å²) in [7, 11) is 1.78. The molecule has 0 spiro atoms. The highest BCUT2D eigenvalue weighted by Crippen LogP contribution is 2.23. The molecule has 1 N–H and O–H groups in total. The molecule has 2 aromatic heterocycles. The molecule has 7 heteroatoms. The van der Waals surface area contributed by atoms with Crippen molar-refractivity contribution in [1.29, 1.82) is 5.26 Å². The molecule has 3 heterocycles. The number of aryl methyl sites for hydroxylation is 2. The first-order valence-electron chi connectivity index (χ1n) is 9.64. The summed E-state index contributed by atoms with van der Waals surface area (Å²) in [6, 6.07) is 7.44. The zero-order chi connectivity index (χ0) is 20.1. The molecule has 0 radical (unpaired) electrons. The Labute approximate surface area is 164 Å². The molecule has 2 aromatic rings. The molecule has 0 aromatic carbocycles. The van der Waals surface area contributed by atoms with E-state index in [9.17, 15) is 9.59 Å². The summed E-state index contributed by atoms with van der Waals surface area (Å²) < 4.78 is 7.15. The highest BCUT2D eigenvalue weighted by atomic mass is 16.3. The first kappa shape index (κ1) is 19.7. The average molecular weight is 382 g/mol. The number of nitriles is 1. The summed E-state index contributed by atoms with van der Waals surface area (Å²) >= 11 is 0. The molecule has 28 heavy (non-hydrogen) atoms. The van der Waals surface area contributed by atoms with E-state index in [0.717, 1.165) is 30.8 Å². The van der Waals surface area contributed by atoms with Gasteiger partial charge in [0.05, 0.1) is 12.1 Å². The van der Waals surface area contributed by atoms with Crippen molar-refractivity contribution in [2.75, 3.05) is 13.1 Å². The molecular weight excluding hydrogens is 356 g/mol. The van der Waals surface area contributed by atoms with Gasteiger partial charge in [0.2, 0.25) is 5.91 Å². The number of aromatic nitrogens is 1. The lowest BCUT2D eigenvalue weighted by Crippen LogP contribution is -2.40. The number of piperidine rings is 1. The first-order valence-corrected chi connectivity index (χ1v) is 9.64. The van der Waals surface area contributed by atoms with Gasteiger partial charge in [-0.3, -0.25) is 9.59 Å². The van der Waals surface area contributed by atoms with Crippen molar-refractivity contribution < 1.29 is 14.0 Å². The van der Waals surface area contributed by atoms with Gasteiger partial charge in [0.25, 0.3) is 5.91 Å². The van der Waals surface area contributed by atoms with Crippen molar-refractivity contribution in [3.8, 4) is 6.07 Å². The van der Waals surface area contributed by atoms with Crippen molar-refractivity contribution in [3.05, 3.63) is 47.2 Å². The summed E-state index contributed by atoms with van der Waals surface area (Å²) in [5.74, 6) is 1.84. The highest BCUT2D eigenvalue weighted by molar-refractivity contribution is 5.93. The zero-order valence-corrected chi connectivity index (χ0v) is 16.4. The van der Waals surface area contributed by atoms with Crippen LogP contribution in [0.1, 0.15) is 53.3 Å². The molecular formula is C21H26N4O3. The van der Waals surface area contributed by atoms with Crippen molar-refractivity contribution in [3.63, 3.8) is 0 Å². The number of amides is 2. The molecule has 0 aliphatic carbocycles. The van der Waals surface area contributed by atoms with E-state index in [1.54, 1.807) is 23.9 Å². The number of hydrogen-bond acceptors (Lipinski definition) is 4. The number of nitrogens with one attached hydrogen (secondary N) is 1. The van der Waals surface area contributed by atoms with Gasteiger partial charge in [-0.25, -0.2) is 0 Å². The number of carbonyl (C=O) groups is 2. The van der Waals surface area contributed by atoms with Crippen LogP contribution < -0.4 is 5.32 Å². The third kappa shape index (κ3) is 4.83. The monoisotopic (exact) mass is 382 g/mol. The predicted octanol–water partition coefficient (Wildman–Crippen LogP) is 2.75. The molecule has 7 nitrogen and oxygen atoms in total. The standard InChI is InChI=1S/C21H26N4O3/c1-15-5-7-18(28-15)12-23-20(26)8-6-16-4-3-9-25(14-16)21(27)19-10-17(11-22)13-24(19)2/h5,7,10,13,16H,3-4,6,8-9,12,14H2,1-2H3,(H,23,26)/t16-/m1/s1. The molecule has 0 saturated carbocycles. The van der Waals surface area contributed by atoms with Crippen LogP contribution in [0.4, 0.5) is 0 Å². The molecule has 1 aliphatic rings. The van der Waals surface area contributed by atoms with Crippen LogP contribution in [0.2, 0.25) is 0 Å². The van der Waals surface area contributed by atoms with Gasteiger partial charge in [-0.15, -0.1) is 0 Å². The zero-order valence-electron chi connectivity index (χ0n) is 16.4. The Bertz CT molecular complexity index is 890. The van der Waals surface area contributed by atoms with Gasteiger partial charge in [-0.05, 0) is 50.3 Å². The summed E-state index contributed by atoms with van der Waals surface area (Å²) in [6.07, 6.45) is 4.81. The number of rotatable bonds is 6. The fraction of sp³-hybridized carbons (Fsp3) is 0.476. The third-order valence-corrected chi connectivity index (χ3v) is 5.19. The Morgan fingerprint density at radius 3 is 2.89 bits per heavy atom. The van der Waals surface area contributed by atoms with Crippen molar-refractivity contribution in [2.45, 2.75) is 39.2 Å². The van der Waals surface area contributed by atoms with Gasteiger partial charge < -0.3 is 19.2 Å². The van der Waals surface area contributed by atoms with Crippen molar-refractivity contribution in [2.24, 2.45) is 13.0 Å². The minimum absolute atomic E-state index is 0.00130. The van der Waals surface area contributed by atoms with Gasteiger partial charge >= 0.3 is 0 Å². The van der Waals surface area contributed by atoms with Crippen LogP contribution >= 0.6 is 0 Å². The second-order valence-electron chi connectivity index (χ2n) is 7.42. The smallest absolute Gasteiger partial charge is 0.270 e. The number of carbonyl (C=O) groups excluding carboxylic acids is 2. The summed E-state index contributed by atoms with van der Waals surface area (Å²) in [4.78, 5) is 26.8. The van der Waals surface area contributed by atoms with Crippen molar-refractivity contribution in [1.82, 2.24) is 14.8 Å². The fourth-order valence-electron chi connectivity index (χ4n) is 3.67. The average Bonchev–Trinajstić information content (AvgIpc) is 3.29. The molecule has 1 aliphatic heterocycles. The van der Waals surface area contributed by atoms with Crippen LogP contribution in [0.25, 0.3) is 0 Å². The van der Waals surface area contributed by atoms with E-state index in [1.165, 1.54) is 0 Å². The highest BCUT2D eigenvalue weighted by Gasteiger charge is 2.26. The number of nitrogens with zero attached hydrogens (tertiary/aromatic N) is 3. The maximum absolute atomic E-state index is 12.8. The molecule has 0 unspecified atom stereocenters. The number of likely N-dealkylation sites (tertiary alicyclic amines) is 1. The van der Waals surface area contributed by atoms with Gasteiger partial charge in [0.1, 0.15) is 23.3 Å². The fourth-order valence-corrected chi connectivity index (χ4v) is 3.67. The van der Waals surface area contributed by atoms with Crippen LogP contribution in [-0.2, 0) is 18.4 Å². The van der Waals surface area contributed by atoms with E-state index in [1.807, 2.05) is 24.0 Å². The Hall–Kier alpha value is -3.01. The van der Waals surface area contributed by atoms with Gasteiger partial charge in [0.15, 0.2) is 0 Å². The van der Waals surface area contributed by atoms with E-state index in [-0.39, 0.29) is 11.8 Å². The predicted molar refractivity (Wildman–Crippen MR) is 103 cm³/mol. The van der Waals surface area contributed by atoms with E-state index >= 15 is 0 Å². The van der Waals surface area contributed by atoms with Crippen LogP contribution in [0.5, 0.6) is 0 Å². The Morgan fingerprint density at radius 2 is 2.21 bits per heavy atom. The Morgan fingerprint density at radius 1 is 1.39 bits per heavy atom. The minimum atomic E-state index is -0.0497. The molecule has 1 atom stereocenters. The quantitative estimate of drug-likeness (QED) is 0.832. The molecule has 1 saturated heterocycles. The maximum atomic E-state index is 12.8. The van der Waals surface area contributed by atoms with Crippen LogP contribution in [0.3, 0.4) is 0 Å². The van der Waals surface area contributed by atoms with Crippen LogP contribution in [0, 0.1) is 24.2 Å². The lowest BCUT2D eigenvalue weighted by atomic mass is 9.93. The number of hydrogen-bond donors (Lipinski definition) is 1. The summed E-state index contributed by atoms with van der Waals surface area (Å²) in [5, 5.41) is 11.9. The van der Waals surface area contributed by atoms with Crippen molar-refractivity contribution >= 4 is 11.8 Å². The first-order chi connectivity index (χ1) is 13.5. The molecule has 148 valence electrons. The SMILES string of the molecule is Cc1ccc(CNC(=O)CC[C@H]2CCCN(C(=O)c3cc(C#N)cn3C)C2)o1. The van der Waals surface area contributed by atoms with Gasteiger partial charge in [-0.1, -0.05) is 0 Å². The Balaban J connectivity index is 1.47. The Kier molecular flexibility index (Phi) is 6.19. The molecule has 0 bridgehead atoms. The maximum Gasteiger partial charge on any atom is 0.270 e. The lowest BCUT2D eigenvalue weighted by Gasteiger charge is -2.32. The molecule has 2 amide bonds. The normalized spacial score (nSPS) is 16.6. The second kappa shape index (κ2) is 8.79. The summed E-state index contributed by atoms with van der Waals surface area (Å²) in [5.41, 5.74) is 1.02. The largest absolute Gasteiger partial charge is 0.465 e. The van der Waals surface area contributed by atoms with E-state index in [2.05, 4.69) is 11.4 Å². The van der Waals surface area contributed by atoms with Gasteiger partial charge in [0, 0.05) is 32.8 Å². The van der Waals surface area contributed by atoms with Crippen LogP contribution in [0.15, 0.2) is 28.8 Å². The summed E-state index contributed by atoms with van der Waals surface area (Å²) in [6.45, 7) is 3.64. The van der Waals surface area contributed by atoms with E-state index in [0.29, 0.717) is 43.2 Å².